The Bertz CT molecular complexity index is 1510. The van der Waals surface area contributed by atoms with Gasteiger partial charge in [-0.2, -0.15) is 14.9 Å². The quantitative estimate of drug-likeness (QED) is 0.387. The fourth-order valence-electron chi connectivity index (χ4n) is 4.40. The molecule has 0 bridgehead atoms. The molecule has 2 aromatic carbocycles. The number of aromatic nitrogens is 5. The van der Waals surface area contributed by atoms with Gasteiger partial charge in [-0.3, -0.25) is 4.79 Å². The predicted octanol–water partition coefficient (Wildman–Crippen LogP) is 3.54. The van der Waals surface area contributed by atoms with Crippen LogP contribution in [-0.2, 0) is 4.79 Å². The van der Waals surface area contributed by atoms with Crippen LogP contribution in [0.1, 0.15) is 29.2 Å². The molecule has 1 amide bonds. The number of benzene rings is 2. The number of hydrogen-bond acceptors (Lipinski definition) is 8. The number of anilines is 1. The minimum absolute atomic E-state index is 0.126. The summed E-state index contributed by atoms with van der Waals surface area (Å²) in [5.41, 5.74) is 3.95. The summed E-state index contributed by atoms with van der Waals surface area (Å²) in [5, 5.41) is 15.9. The van der Waals surface area contributed by atoms with Gasteiger partial charge in [0, 0.05) is 23.5 Å². The zero-order chi connectivity index (χ0) is 25.9. The number of fused-ring (bicyclic) bond motifs is 1. The monoisotopic (exact) mass is 496 g/mol. The molecule has 0 radical (unpaired) electrons. The molecule has 1 unspecified atom stereocenters. The molecule has 0 saturated carbocycles. The maximum Gasteiger partial charge on any atom is 0.272 e. The van der Waals surface area contributed by atoms with Crippen molar-refractivity contribution in [2.45, 2.75) is 19.3 Å². The summed E-state index contributed by atoms with van der Waals surface area (Å²) in [6.45, 7) is 2.02. The molecule has 186 valence electrons. The molecule has 0 fully saturated rings. The number of amides is 1. The summed E-state index contributed by atoms with van der Waals surface area (Å²) in [5.74, 6) is 4.60. The van der Waals surface area contributed by atoms with Gasteiger partial charge in [-0.15, -0.1) is 11.5 Å². The van der Waals surface area contributed by atoms with E-state index in [0.29, 0.717) is 23.0 Å². The van der Waals surface area contributed by atoms with Gasteiger partial charge in [0.25, 0.3) is 5.95 Å². The van der Waals surface area contributed by atoms with E-state index < -0.39 is 0 Å². The fourth-order valence-corrected chi connectivity index (χ4v) is 4.40. The molecule has 37 heavy (non-hydrogen) atoms. The third kappa shape index (κ3) is 4.54. The first-order chi connectivity index (χ1) is 18.0. The van der Waals surface area contributed by atoms with E-state index in [9.17, 15) is 4.79 Å². The first kappa shape index (κ1) is 23.8. The Morgan fingerprint density at radius 2 is 1.95 bits per heavy atom. The zero-order valence-electron chi connectivity index (χ0n) is 20.6. The number of hydrogen-bond donors (Lipinski definition) is 1. The second-order valence-corrected chi connectivity index (χ2v) is 8.34. The van der Waals surface area contributed by atoms with Gasteiger partial charge < -0.3 is 19.5 Å². The van der Waals surface area contributed by atoms with Crippen molar-refractivity contribution in [1.82, 2.24) is 25.0 Å². The Morgan fingerprint density at radius 3 is 2.68 bits per heavy atom. The molecule has 3 heterocycles. The number of rotatable bonds is 7. The molecule has 1 aliphatic rings. The van der Waals surface area contributed by atoms with E-state index in [1.165, 1.54) is 4.68 Å². The van der Waals surface area contributed by atoms with Crippen molar-refractivity contribution in [2.24, 2.45) is 0 Å². The van der Waals surface area contributed by atoms with E-state index in [0.717, 1.165) is 28.1 Å². The minimum Gasteiger partial charge on any atom is -0.497 e. The SMILES string of the molecule is C#CCOc1ccc(C2CC(=O)Nc3c2c(C)nn3-c2nncc(-c3ccc(OC)cc3)n2)cc1OC. The fraction of sp³-hybridized carbons (Fsp3) is 0.222. The third-order valence-electron chi connectivity index (χ3n) is 6.13. The molecule has 1 aliphatic heterocycles. The Labute approximate surface area is 213 Å². The van der Waals surface area contributed by atoms with Gasteiger partial charge in [0.15, 0.2) is 11.5 Å². The molecule has 2 aromatic heterocycles. The molecular formula is C27H24N6O4. The summed E-state index contributed by atoms with van der Waals surface area (Å²) in [4.78, 5) is 17.5. The Balaban J connectivity index is 1.55. The van der Waals surface area contributed by atoms with Crippen LogP contribution in [0.25, 0.3) is 17.2 Å². The van der Waals surface area contributed by atoms with Crippen LogP contribution >= 0.6 is 0 Å². The van der Waals surface area contributed by atoms with Gasteiger partial charge in [-0.25, -0.2) is 4.98 Å². The van der Waals surface area contributed by atoms with Gasteiger partial charge in [0.05, 0.1) is 31.8 Å². The standard InChI is InChI=1S/C27H24N6O4/c1-5-12-37-22-11-8-18(13-23(22)36-4)20-14-24(34)30-26-25(20)16(2)32-33(26)27-29-21(15-28-31-27)17-6-9-19(35-3)10-7-17/h1,6-11,13,15,20H,12,14H2,2-4H3,(H,30,34). The molecule has 0 aliphatic carbocycles. The van der Waals surface area contributed by atoms with Crippen molar-refractivity contribution >= 4 is 11.7 Å². The number of aryl methyl sites for hydroxylation is 1. The van der Waals surface area contributed by atoms with Crippen LogP contribution in [0.4, 0.5) is 5.82 Å². The summed E-state index contributed by atoms with van der Waals surface area (Å²) in [7, 11) is 3.17. The number of carbonyl (C=O) groups excluding carboxylic acids is 1. The predicted molar refractivity (Wildman–Crippen MR) is 136 cm³/mol. The van der Waals surface area contributed by atoms with Gasteiger partial charge in [-0.1, -0.05) is 12.0 Å². The largest absolute Gasteiger partial charge is 0.497 e. The molecule has 1 atom stereocenters. The highest BCUT2D eigenvalue weighted by atomic mass is 16.5. The maximum absolute atomic E-state index is 12.8. The normalized spacial score (nSPS) is 14.3. The number of nitrogens with one attached hydrogen (secondary N) is 1. The van der Waals surface area contributed by atoms with Crippen molar-refractivity contribution in [3.63, 3.8) is 0 Å². The topological polar surface area (TPSA) is 113 Å². The van der Waals surface area contributed by atoms with Crippen molar-refractivity contribution < 1.29 is 19.0 Å². The van der Waals surface area contributed by atoms with Crippen LogP contribution in [0.2, 0.25) is 0 Å². The second kappa shape index (κ2) is 9.99. The highest BCUT2D eigenvalue weighted by molar-refractivity contribution is 5.95. The van der Waals surface area contributed by atoms with Crippen LogP contribution in [0.3, 0.4) is 0 Å². The van der Waals surface area contributed by atoms with Crippen LogP contribution < -0.4 is 19.5 Å². The lowest BCUT2D eigenvalue weighted by Crippen LogP contribution is -2.25. The van der Waals surface area contributed by atoms with Gasteiger partial charge in [0.1, 0.15) is 18.2 Å². The van der Waals surface area contributed by atoms with Crippen LogP contribution in [-0.4, -0.2) is 51.7 Å². The molecule has 10 nitrogen and oxygen atoms in total. The van der Waals surface area contributed by atoms with Gasteiger partial charge in [0.2, 0.25) is 5.91 Å². The number of ether oxygens (including phenoxy) is 3. The summed E-state index contributed by atoms with van der Waals surface area (Å²) in [6, 6.07) is 13.0. The second-order valence-electron chi connectivity index (χ2n) is 8.34. The molecule has 10 heteroatoms. The average molecular weight is 497 g/mol. The summed E-state index contributed by atoms with van der Waals surface area (Å²) >= 11 is 0. The lowest BCUT2D eigenvalue weighted by Gasteiger charge is -2.24. The van der Waals surface area contributed by atoms with E-state index in [1.807, 2.05) is 43.3 Å². The first-order valence-electron chi connectivity index (χ1n) is 11.5. The zero-order valence-corrected chi connectivity index (χ0v) is 20.6. The van der Waals surface area contributed by atoms with Crippen molar-refractivity contribution in [2.75, 3.05) is 26.1 Å². The molecule has 0 spiro atoms. The van der Waals surface area contributed by atoms with E-state index in [1.54, 1.807) is 26.5 Å². The smallest absolute Gasteiger partial charge is 0.272 e. The molecule has 1 N–H and O–H groups in total. The third-order valence-corrected chi connectivity index (χ3v) is 6.13. The van der Waals surface area contributed by atoms with Crippen LogP contribution in [0, 0.1) is 19.3 Å². The van der Waals surface area contributed by atoms with Crippen molar-refractivity contribution in [1.29, 1.82) is 0 Å². The molecular weight excluding hydrogens is 472 g/mol. The van der Waals surface area contributed by atoms with Crippen molar-refractivity contribution in [3.8, 4) is 46.8 Å². The average Bonchev–Trinajstić information content (AvgIpc) is 3.27. The van der Waals surface area contributed by atoms with E-state index in [4.69, 9.17) is 20.6 Å². The Morgan fingerprint density at radius 1 is 1.14 bits per heavy atom. The number of nitrogens with zero attached hydrogens (tertiary/aromatic N) is 5. The highest BCUT2D eigenvalue weighted by Gasteiger charge is 2.33. The molecule has 5 rings (SSSR count). The van der Waals surface area contributed by atoms with E-state index in [2.05, 4.69) is 31.5 Å². The number of terminal acetylenes is 1. The van der Waals surface area contributed by atoms with Crippen molar-refractivity contribution in [3.05, 3.63) is 65.5 Å². The molecule has 0 saturated heterocycles. The maximum atomic E-state index is 12.8. The van der Waals surface area contributed by atoms with Gasteiger partial charge in [-0.05, 0) is 48.9 Å². The van der Waals surface area contributed by atoms with Crippen LogP contribution in [0.15, 0.2) is 48.7 Å². The number of carbonyl (C=O) groups is 1. The lowest BCUT2D eigenvalue weighted by molar-refractivity contribution is -0.116. The van der Waals surface area contributed by atoms with E-state index in [-0.39, 0.29) is 30.8 Å². The summed E-state index contributed by atoms with van der Waals surface area (Å²) in [6.07, 6.45) is 7.14. The van der Waals surface area contributed by atoms with Gasteiger partial charge >= 0.3 is 0 Å². The van der Waals surface area contributed by atoms with E-state index >= 15 is 0 Å². The Kier molecular flexibility index (Phi) is 6.43. The molecule has 4 aromatic rings. The lowest BCUT2D eigenvalue weighted by atomic mass is 9.85. The highest BCUT2D eigenvalue weighted by Crippen LogP contribution is 2.42. The number of methoxy groups -OCH3 is 2. The summed E-state index contributed by atoms with van der Waals surface area (Å²) < 4.78 is 17.8. The van der Waals surface area contributed by atoms with Crippen LogP contribution in [0.5, 0.6) is 17.2 Å². The first-order valence-corrected chi connectivity index (χ1v) is 11.5. The Hall–Kier alpha value is -4.91. The minimum atomic E-state index is -0.259.